The van der Waals surface area contributed by atoms with Crippen LogP contribution >= 0.6 is 0 Å². The van der Waals surface area contributed by atoms with Crippen molar-refractivity contribution in [1.29, 1.82) is 0 Å². The SMILES string of the molecule is CCOC(=O)c1nn(C(C)C)c2c1CN[C@H](C)[C@H]2C. The molecule has 5 heteroatoms. The van der Waals surface area contributed by atoms with E-state index in [4.69, 9.17) is 4.74 Å². The molecule has 0 aromatic carbocycles. The molecule has 2 atom stereocenters. The second-order valence-corrected chi connectivity index (χ2v) is 5.43. The quantitative estimate of drug-likeness (QED) is 0.852. The third kappa shape index (κ3) is 2.39. The van der Waals surface area contributed by atoms with E-state index < -0.39 is 0 Å². The Hall–Kier alpha value is -1.36. The number of ether oxygens (including phenoxy) is 1. The molecule has 1 aliphatic heterocycles. The molecule has 0 unspecified atom stereocenters. The Balaban J connectivity index is 2.51. The van der Waals surface area contributed by atoms with Gasteiger partial charge < -0.3 is 10.1 Å². The molecular formula is C14H23N3O2. The van der Waals surface area contributed by atoms with Gasteiger partial charge in [0.05, 0.1) is 6.61 Å². The summed E-state index contributed by atoms with van der Waals surface area (Å²) >= 11 is 0. The maximum Gasteiger partial charge on any atom is 0.359 e. The summed E-state index contributed by atoms with van der Waals surface area (Å²) in [5, 5.41) is 7.91. The zero-order valence-corrected chi connectivity index (χ0v) is 12.4. The Bertz CT molecular complexity index is 479. The third-order valence-electron chi connectivity index (χ3n) is 3.79. The normalized spacial score (nSPS) is 22.4. The van der Waals surface area contributed by atoms with Crippen molar-refractivity contribution in [2.45, 2.75) is 59.2 Å². The highest BCUT2D eigenvalue weighted by Crippen LogP contribution is 2.32. The lowest BCUT2D eigenvalue weighted by atomic mass is 9.91. The van der Waals surface area contributed by atoms with Crippen molar-refractivity contribution in [1.82, 2.24) is 15.1 Å². The molecule has 0 fully saturated rings. The third-order valence-corrected chi connectivity index (χ3v) is 3.79. The van der Waals surface area contributed by atoms with Crippen LogP contribution in [0.1, 0.15) is 68.3 Å². The van der Waals surface area contributed by atoms with E-state index in [-0.39, 0.29) is 12.0 Å². The van der Waals surface area contributed by atoms with E-state index in [0.717, 1.165) is 5.56 Å². The highest BCUT2D eigenvalue weighted by Gasteiger charge is 2.33. The van der Waals surface area contributed by atoms with Gasteiger partial charge in [-0.2, -0.15) is 5.10 Å². The first-order chi connectivity index (χ1) is 8.97. The van der Waals surface area contributed by atoms with Crippen LogP contribution in [0, 0.1) is 0 Å². The van der Waals surface area contributed by atoms with Crippen molar-refractivity contribution in [3.8, 4) is 0 Å². The van der Waals surface area contributed by atoms with E-state index in [1.807, 2.05) is 11.6 Å². The molecule has 0 saturated heterocycles. The van der Waals surface area contributed by atoms with Gasteiger partial charge in [0.2, 0.25) is 0 Å². The minimum atomic E-state index is -0.318. The number of nitrogens with one attached hydrogen (secondary N) is 1. The van der Waals surface area contributed by atoms with Crippen LogP contribution in [-0.4, -0.2) is 28.4 Å². The van der Waals surface area contributed by atoms with Gasteiger partial charge in [-0.1, -0.05) is 6.92 Å². The van der Waals surface area contributed by atoms with Crippen LogP contribution in [0.4, 0.5) is 0 Å². The summed E-state index contributed by atoms with van der Waals surface area (Å²) < 4.78 is 7.08. The predicted octanol–water partition coefficient (Wildman–Crippen LogP) is 2.24. The number of hydrogen-bond donors (Lipinski definition) is 1. The molecule has 1 N–H and O–H groups in total. The van der Waals surface area contributed by atoms with Crippen LogP contribution in [0.15, 0.2) is 0 Å². The standard InChI is InChI=1S/C14H23N3O2/c1-6-19-14(18)12-11-7-15-10(5)9(4)13(11)17(16-12)8(2)3/h8-10,15H,6-7H2,1-5H3/t9-,10-/m1/s1. The highest BCUT2D eigenvalue weighted by atomic mass is 16.5. The van der Waals surface area contributed by atoms with Gasteiger partial charge >= 0.3 is 5.97 Å². The van der Waals surface area contributed by atoms with Gasteiger partial charge in [0.15, 0.2) is 5.69 Å². The van der Waals surface area contributed by atoms with Crippen molar-refractivity contribution in [2.24, 2.45) is 0 Å². The maximum absolute atomic E-state index is 12.0. The molecule has 0 amide bonds. The molecule has 106 valence electrons. The first-order valence-electron chi connectivity index (χ1n) is 6.99. The molecule has 0 radical (unpaired) electrons. The zero-order valence-electron chi connectivity index (χ0n) is 12.4. The molecule has 2 heterocycles. The van der Waals surface area contributed by atoms with Gasteiger partial charge in [-0.15, -0.1) is 0 Å². The number of carbonyl (C=O) groups is 1. The monoisotopic (exact) mass is 265 g/mol. The second kappa shape index (κ2) is 5.33. The molecule has 5 nitrogen and oxygen atoms in total. The van der Waals surface area contributed by atoms with Crippen molar-refractivity contribution >= 4 is 5.97 Å². The maximum atomic E-state index is 12.0. The topological polar surface area (TPSA) is 56.1 Å². The van der Waals surface area contributed by atoms with Crippen LogP contribution < -0.4 is 5.32 Å². The van der Waals surface area contributed by atoms with Crippen molar-refractivity contribution in [2.75, 3.05) is 6.61 Å². The number of fused-ring (bicyclic) bond motifs is 1. The summed E-state index contributed by atoms with van der Waals surface area (Å²) in [6.45, 7) is 11.4. The van der Waals surface area contributed by atoms with Gasteiger partial charge in [-0.3, -0.25) is 4.68 Å². The van der Waals surface area contributed by atoms with E-state index in [0.29, 0.717) is 30.8 Å². The number of nitrogens with zero attached hydrogens (tertiary/aromatic N) is 2. The summed E-state index contributed by atoms with van der Waals surface area (Å²) in [6.07, 6.45) is 0. The van der Waals surface area contributed by atoms with Gasteiger partial charge in [0.25, 0.3) is 0 Å². The molecule has 0 saturated carbocycles. The largest absolute Gasteiger partial charge is 0.461 e. The zero-order chi connectivity index (χ0) is 14.2. The second-order valence-electron chi connectivity index (χ2n) is 5.43. The van der Waals surface area contributed by atoms with E-state index >= 15 is 0 Å². The van der Waals surface area contributed by atoms with Crippen LogP contribution in [0.2, 0.25) is 0 Å². The lowest BCUT2D eigenvalue weighted by Crippen LogP contribution is -2.37. The minimum absolute atomic E-state index is 0.240. The average Bonchev–Trinajstić information content (AvgIpc) is 2.74. The van der Waals surface area contributed by atoms with Crippen molar-refractivity contribution in [3.05, 3.63) is 17.0 Å². The molecule has 2 rings (SSSR count). The Morgan fingerprint density at radius 2 is 2.21 bits per heavy atom. The molecule has 19 heavy (non-hydrogen) atoms. The van der Waals surface area contributed by atoms with E-state index in [1.165, 1.54) is 5.69 Å². The Morgan fingerprint density at radius 1 is 1.53 bits per heavy atom. The average molecular weight is 265 g/mol. The Morgan fingerprint density at radius 3 is 2.79 bits per heavy atom. The Kier molecular flexibility index (Phi) is 3.94. The number of hydrogen-bond acceptors (Lipinski definition) is 4. The number of carbonyl (C=O) groups excluding carboxylic acids is 1. The number of esters is 1. The lowest BCUT2D eigenvalue weighted by molar-refractivity contribution is 0.0516. The predicted molar refractivity (Wildman–Crippen MR) is 73.3 cm³/mol. The summed E-state index contributed by atoms with van der Waals surface area (Å²) in [6, 6.07) is 0.626. The summed E-state index contributed by atoms with van der Waals surface area (Å²) in [4.78, 5) is 12.0. The molecule has 0 spiro atoms. The van der Waals surface area contributed by atoms with Gasteiger partial charge in [-0.05, 0) is 27.7 Å². The Labute approximate surface area is 114 Å². The first-order valence-corrected chi connectivity index (χ1v) is 6.99. The highest BCUT2D eigenvalue weighted by molar-refractivity contribution is 5.89. The van der Waals surface area contributed by atoms with Crippen LogP contribution in [0.5, 0.6) is 0 Å². The fourth-order valence-electron chi connectivity index (χ4n) is 2.57. The first kappa shape index (κ1) is 14.1. The van der Waals surface area contributed by atoms with Crippen LogP contribution in [0.3, 0.4) is 0 Å². The number of aromatic nitrogens is 2. The van der Waals surface area contributed by atoms with E-state index in [1.54, 1.807) is 0 Å². The van der Waals surface area contributed by atoms with Gasteiger partial charge in [0, 0.05) is 35.8 Å². The van der Waals surface area contributed by atoms with Crippen LogP contribution in [0.25, 0.3) is 0 Å². The summed E-state index contributed by atoms with van der Waals surface area (Å²) in [5.74, 6) is 0.0172. The molecule has 1 aromatic rings. The number of rotatable bonds is 3. The van der Waals surface area contributed by atoms with Crippen molar-refractivity contribution in [3.63, 3.8) is 0 Å². The summed E-state index contributed by atoms with van der Waals surface area (Å²) in [7, 11) is 0. The fourth-order valence-corrected chi connectivity index (χ4v) is 2.57. The molecule has 1 aliphatic rings. The molecule has 1 aromatic heterocycles. The van der Waals surface area contributed by atoms with Crippen molar-refractivity contribution < 1.29 is 9.53 Å². The van der Waals surface area contributed by atoms with Crippen LogP contribution in [-0.2, 0) is 11.3 Å². The molecular weight excluding hydrogens is 242 g/mol. The minimum Gasteiger partial charge on any atom is -0.461 e. The van der Waals surface area contributed by atoms with E-state index in [9.17, 15) is 4.79 Å². The summed E-state index contributed by atoms with van der Waals surface area (Å²) in [5.41, 5.74) is 2.64. The van der Waals surface area contributed by atoms with Gasteiger partial charge in [-0.25, -0.2) is 4.79 Å². The smallest absolute Gasteiger partial charge is 0.359 e. The van der Waals surface area contributed by atoms with E-state index in [2.05, 4.69) is 38.1 Å². The van der Waals surface area contributed by atoms with Gasteiger partial charge in [0.1, 0.15) is 0 Å². The molecule has 0 aliphatic carbocycles. The molecule has 0 bridgehead atoms. The fraction of sp³-hybridized carbons (Fsp3) is 0.714. The lowest BCUT2D eigenvalue weighted by Gasteiger charge is -2.29.